The summed E-state index contributed by atoms with van der Waals surface area (Å²) in [6, 6.07) is -1.10. The quantitative estimate of drug-likeness (QED) is 0.197. The molecule has 3 amide bonds. The molecule has 0 saturated carbocycles. The van der Waals surface area contributed by atoms with E-state index in [1.807, 2.05) is 19.2 Å². The third kappa shape index (κ3) is 12.5. The summed E-state index contributed by atoms with van der Waals surface area (Å²) in [5, 5.41) is 44.0. The number of carbonyl (C=O) groups excluding carboxylic acids is 4. The lowest BCUT2D eigenvalue weighted by Crippen LogP contribution is -2.53. The highest BCUT2D eigenvalue weighted by molar-refractivity contribution is 5.97. The molecule has 0 aliphatic carbocycles. The summed E-state index contributed by atoms with van der Waals surface area (Å²) in [6.45, 7) is 9.48. The van der Waals surface area contributed by atoms with Crippen molar-refractivity contribution >= 4 is 23.9 Å². The normalized spacial score (nSPS) is 16.2. The molecule has 0 aromatic carbocycles. The number of nitrogens with one attached hydrogen (secondary N) is 2. The molecule has 192 valence electrons. The Kier molecular flexibility index (Phi) is 13.1. The highest BCUT2D eigenvalue weighted by Gasteiger charge is 2.36. The van der Waals surface area contributed by atoms with Gasteiger partial charge in [0, 0.05) is 6.42 Å². The maximum Gasteiger partial charge on any atom is 0.408 e. The number of carbonyl (C=O) groups is 4. The number of amides is 3. The van der Waals surface area contributed by atoms with Gasteiger partial charge in [-0.1, -0.05) is 20.8 Å². The SMILES string of the molecule is CCCC(=O)NC(=O)[C@H](O)[C@@H](O)[C@H](O)[C@H](O)COC(=O)[C@H](CC(C)C)NC(=O)OC(C)(C)C. The molecule has 0 unspecified atom stereocenters. The molecule has 12 nitrogen and oxygen atoms in total. The summed E-state index contributed by atoms with van der Waals surface area (Å²) in [6.07, 6.45) is -8.51. The summed E-state index contributed by atoms with van der Waals surface area (Å²) in [5.74, 6) is -2.85. The number of ether oxygens (including phenoxy) is 2. The summed E-state index contributed by atoms with van der Waals surface area (Å²) < 4.78 is 10.1. The molecule has 0 aliphatic rings. The molecule has 0 bridgehead atoms. The molecule has 12 heteroatoms. The zero-order valence-corrected chi connectivity index (χ0v) is 20.0. The van der Waals surface area contributed by atoms with Crippen molar-refractivity contribution in [2.75, 3.05) is 6.61 Å². The van der Waals surface area contributed by atoms with Crippen molar-refractivity contribution in [1.82, 2.24) is 10.6 Å². The smallest absolute Gasteiger partial charge is 0.408 e. The molecular formula is C21H38N2O10. The van der Waals surface area contributed by atoms with Gasteiger partial charge in [0.2, 0.25) is 5.91 Å². The largest absolute Gasteiger partial charge is 0.461 e. The molecule has 0 fully saturated rings. The lowest BCUT2D eigenvalue weighted by molar-refractivity contribution is -0.162. The lowest BCUT2D eigenvalue weighted by Gasteiger charge is -2.27. The highest BCUT2D eigenvalue weighted by atomic mass is 16.6. The van der Waals surface area contributed by atoms with E-state index in [4.69, 9.17) is 9.47 Å². The van der Waals surface area contributed by atoms with Crippen LogP contribution in [0.4, 0.5) is 4.79 Å². The van der Waals surface area contributed by atoms with Crippen molar-refractivity contribution in [3.63, 3.8) is 0 Å². The first-order chi connectivity index (χ1) is 15.1. The molecule has 0 aromatic rings. The number of rotatable bonds is 12. The maximum atomic E-state index is 12.4. The van der Waals surface area contributed by atoms with Gasteiger partial charge in [-0.05, 0) is 39.5 Å². The van der Waals surface area contributed by atoms with Gasteiger partial charge in [-0.25, -0.2) is 9.59 Å². The van der Waals surface area contributed by atoms with E-state index in [0.717, 1.165) is 0 Å². The Morgan fingerprint density at radius 1 is 0.970 bits per heavy atom. The van der Waals surface area contributed by atoms with Gasteiger partial charge in [0.25, 0.3) is 5.91 Å². The van der Waals surface area contributed by atoms with Gasteiger partial charge in [0.05, 0.1) is 0 Å². The predicted molar refractivity (Wildman–Crippen MR) is 116 cm³/mol. The van der Waals surface area contributed by atoms with Crippen LogP contribution in [0.25, 0.3) is 0 Å². The van der Waals surface area contributed by atoms with Gasteiger partial charge in [0.1, 0.15) is 36.6 Å². The van der Waals surface area contributed by atoms with Crippen molar-refractivity contribution in [2.24, 2.45) is 5.92 Å². The minimum atomic E-state index is -2.21. The summed E-state index contributed by atoms with van der Waals surface area (Å²) in [5.41, 5.74) is -0.791. The number of aliphatic hydroxyl groups excluding tert-OH is 4. The number of hydrogen-bond acceptors (Lipinski definition) is 10. The Hall–Kier alpha value is -2.28. The van der Waals surface area contributed by atoms with E-state index >= 15 is 0 Å². The van der Waals surface area contributed by atoms with Gasteiger partial charge < -0.3 is 35.2 Å². The van der Waals surface area contributed by atoms with Crippen molar-refractivity contribution < 1.29 is 49.1 Å². The summed E-state index contributed by atoms with van der Waals surface area (Å²) in [7, 11) is 0. The van der Waals surface area contributed by atoms with Gasteiger partial charge in [-0.15, -0.1) is 0 Å². The number of esters is 1. The zero-order chi connectivity index (χ0) is 25.9. The average Bonchev–Trinajstić information content (AvgIpc) is 2.67. The maximum absolute atomic E-state index is 12.4. The van der Waals surface area contributed by atoms with E-state index < -0.39 is 66.5 Å². The van der Waals surface area contributed by atoms with Crippen LogP contribution in [0.5, 0.6) is 0 Å². The molecule has 5 atom stereocenters. The fraction of sp³-hybridized carbons (Fsp3) is 0.810. The van der Waals surface area contributed by atoms with Gasteiger partial charge in [-0.2, -0.15) is 0 Å². The third-order valence-electron chi connectivity index (χ3n) is 4.15. The van der Waals surface area contributed by atoms with E-state index in [1.165, 1.54) is 0 Å². The first-order valence-corrected chi connectivity index (χ1v) is 10.8. The van der Waals surface area contributed by atoms with Crippen LogP contribution in [0.3, 0.4) is 0 Å². The van der Waals surface area contributed by atoms with E-state index in [0.29, 0.717) is 6.42 Å². The van der Waals surface area contributed by atoms with Crippen LogP contribution >= 0.6 is 0 Å². The van der Waals surface area contributed by atoms with E-state index in [9.17, 15) is 39.6 Å². The Balaban J connectivity index is 4.92. The standard InChI is InChI=1S/C21H38N2O10/c1-7-8-14(25)23-18(29)17(28)16(27)15(26)13(24)10-32-19(30)12(9-11(2)3)22-20(31)33-21(4,5)6/h11-13,15-17,24,26-28H,7-10H2,1-6H3,(H,22,31)(H,23,25,29)/t12-,13+,15+,16-,17+/m0/s1. The first-order valence-electron chi connectivity index (χ1n) is 10.8. The molecule has 6 N–H and O–H groups in total. The second-order valence-electron chi connectivity index (χ2n) is 9.11. The molecule has 0 radical (unpaired) electrons. The number of imide groups is 1. The topological polar surface area (TPSA) is 192 Å². The number of alkyl carbamates (subject to hydrolysis) is 1. The highest BCUT2D eigenvalue weighted by Crippen LogP contribution is 2.12. The van der Waals surface area contributed by atoms with E-state index in [1.54, 1.807) is 27.7 Å². The van der Waals surface area contributed by atoms with Crippen molar-refractivity contribution in [3.05, 3.63) is 0 Å². The van der Waals surface area contributed by atoms with Gasteiger partial charge >= 0.3 is 12.1 Å². The van der Waals surface area contributed by atoms with Crippen molar-refractivity contribution in [2.45, 2.75) is 96.9 Å². The third-order valence-corrected chi connectivity index (χ3v) is 4.15. The molecule has 0 spiro atoms. The molecular weight excluding hydrogens is 440 g/mol. The number of aliphatic hydroxyl groups is 4. The minimum absolute atomic E-state index is 0.0149. The predicted octanol–water partition coefficient (Wildman–Crippen LogP) is -0.644. The second kappa shape index (κ2) is 14.1. The lowest BCUT2D eigenvalue weighted by atomic mass is 10.0. The molecule has 0 heterocycles. The summed E-state index contributed by atoms with van der Waals surface area (Å²) >= 11 is 0. The minimum Gasteiger partial charge on any atom is -0.461 e. The van der Waals surface area contributed by atoms with Crippen LogP contribution in [0, 0.1) is 5.92 Å². The Morgan fingerprint density at radius 3 is 2.03 bits per heavy atom. The van der Waals surface area contributed by atoms with Crippen molar-refractivity contribution in [1.29, 1.82) is 0 Å². The van der Waals surface area contributed by atoms with Crippen molar-refractivity contribution in [3.8, 4) is 0 Å². The van der Waals surface area contributed by atoms with Crippen LogP contribution in [-0.4, -0.2) is 87.0 Å². The van der Waals surface area contributed by atoms with E-state index in [-0.39, 0.29) is 18.8 Å². The Morgan fingerprint density at radius 2 is 1.55 bits per heavy atom. The van der Waals surface area contributed by atoms with Gasteiger partial charge in [-0.3, -0.25) is 14.9 Å². The molecule has 0 saturated heterocycles. The van der Waals surface area contributed by atoms with Crippen LogP contribution in [0.2, 0.25) is 0 Å². The second-order valence-corrected chi connectivity index (χ2v) is 9.11. The van der Waals surface area contributed by atoms with Gasteiger partial charge in [0.15, 0.2) is 6.10 Å². The summed E-state index contributed by atoms with van der Waals surface area (Å²) in [4.78, 5) is 47.6. The number of hydrogen-bond donors (Lipinski definition) is 6. The first kappa shape index (κ1) is 30.7. The average molecular weight is 479 g/mol. The monoisotopic (exact) mass is 478 g/mol. The fourth-order valence-electron chi connectivity index (χ4n) is 2.57. The van der Waals surface area contributed by atoms with Crippen LogP contribution in [0.1, 0.15) is 60.8 Å². The molecule has 0 rings (SSSR count). The molecule has 0 aromatic heterocycles. The Labute approximate surface area is 193 Å². The molecule has 0 aliphatic heterocycles. The van der Waals surface area contributed by atoms with Crippen LogP contribution in [0.15, 0.2) is 0 Å². The van der Waals surface area contributed by atoms with Crippen LogP contribution in [-0.2, 0) is 23.9 Å². The Bertz CT molecular complexity index is 662. The zero-order valence-electron chi connectivity index (χ0n) is 20.0. The fourth-order valence-corrected chi connectivity index (χ4v) is 2.57. The molecule has 33 heavy (non-hydrogen) atoms. The van der Waals surface area contributed by atoms with Crippen LogP contribution < -0.4 is 10.6 Å². The van der Waals surface area contributed by atoms with E-state index in [2.05, 4.69) is 5.32 Å².